The first kappa shape index (κ1) is 32.1. The van der Waals surface area contributed by atoms with E-state index in [0.717, 1.165) is 85.0 Å². The number of hydrogen-bond donors (Lipinski definition) is 0. The van der Waals surface area contributed by atoms with E-state index >= 15 is 0 Å². The lowest BCUT2D eigenvalue weighted by Crippen LogP contribution is -2.45. The van der Waals surface area contributed by atoms with Crippen LogP contribution in [0.5, 0.6) is 5.75 Å². The Labute approximate surface area is 285 Å². The van der Waals surface area contributed by atoms with E-state index in [4.69, 9.17) is 37.8 Å². The number of ether oxygens (including phenoxy) is 2. The van der Waals surface area contributed by atoms with Crippen molar-refractivity contribution in [3.8, 4) is 22.7 Å². The van der Waals surface area contributed by atoms with Crippen LogP contribution >= 0.6 is 23.2 Å². The van der Waals surface area contributed by atoms with E-state index in [1.165, 1.54) is 0 Å². The maximum absolute atomic E-state index is 14.1. The molecule has 2 aliphatic heterocycles. The molecule has 1 aliphatic carbocycles. The Balaban J connectivity index is 1.03. The first-order valence-corrected chi connectivity index (χ1v) is 17.2. The number of methoxy groups -OCH3 is 1. The SMILES string of the molecule is COc1cccc(-n2nc(C)c(C3COCCN3C(=O)CC3(CN4CCCC4Cn4cc(-c5cc(Cl)cc(Cl)c5)nn4)CC3)c2C)c1. The van der Waals surface area contributed by atoms with Crippen molar-refractivity contribution in [3.05, 3.63) is 75.7 Å². The molecule has 2 unspecified atom stereocenters. The lowest BCUT2D eigenvalue weighted by molar-refractivity contribution is -0.141. The Morgan fingerprint density at radius 3 is 2.68 bits per heavy atom. The van der Waals surface area contributed by atoms with Gasteiger partial charge in [-0.25, -0.2) is 4.68 Å². The summed E-state index contributed by atoms with van der Waals surface area (Å²) < 4.78 is 15.3. The number of hydrogen-bond acceptors (Lipinski definition) is 7. The van der Waals surface area contributed by atoms with Crippen molar-refractivity contribution in [2.24, 2.45) is 5.41 Å². The average Bonchev–Trinajstić information content (AvgIpc) is 3.33. The van der Waals surface area contributed by atoms with Crippen LogP contribution < -0.4 is 4.74 Å². The van der Waals surface area contributed by atoms with Gasteiger partial charge in [0.05, 0.1) is 50.5 Å². The van der Waals surface area contributed by atoms with Crippen LogP contribution in [0, 0.1) is 19.3 Å². The van der Waals surface area contributed by atoms with Crippen molar-refractivity contribution >= 4 is 29.1 Å². The number of amides is 1. The first-order valence-electron chi connectivity index (χ1n) is 16.4. The van der Waals surface area contributed by atoms with E-state index in [-0.39, 0.29) is 17.4 Å². The molecule has 3 fully saturated rings. The monoisotopic (exact) mass is 677 g/mol. The summed E-state index contributed by atoms with van der Waals surface area (Å²) in [5.41, 5.74) is 5.54. The molecule has 1 saturated carbocycles. The summed E-state index contributed by atoms with van der Waals surface area (Å²) in [6, 6.07) is 13.5. The predicted molar refractivity (Wildman–Crippen MR) is 181 cm³/mol. The molecule has 3 aliphatic rings. The molecule has 4 aromatic rings. The van der Waals surface area contributed by atoms with Crippen LogP contribution in [0.2, 0.25) is 10.0 Å². The standard InChI is InChI=1S/C35H41Cl2N7O3/c1-23-34(24(2)44(39-23)28-6-4-8-30(17-28)46-3)32-21-47-13-12-43(32)33(45)18-35(9-10-35)22-41-11-5-7-29(41)19-42-20-31(38-40-42)25-14-26(36)16-27(37)15-25/h4,6,8,14-17,20,29,32H,5,7,9-13,18-19,21-22H2,1-3H3. The Bertz CT molecular complexity index is 1750. The summed E-state index contributed by atoms with van der Waals surface area (Å²) in [5, 5.41) is 14.8. The van der Waals surface area contributed by atoms with E-state index in [1.807, 2.05) is 58.9 Å². The van der Waals surface area contributed by atoms with Gasteiger partial charge in [0.15, 0.2) is 0 Å². The van der Waals surface area contributed by atoms with Crippen LogP contribution in [0.3, 0.4) is 0 Å². The van der Waals surface area contributed by atoms with Crippen LogP contribution in [-0.2, 0) is 16.1 Å². The number of carbonyl (C=O) groups excluding carboxylic acids is 1. The van der Waals surface area contributed by atoms with Gasteiger partial charge in [0, 0.05) is 58.5 Å². The van der Waals surface area contributed by atoms with Crippen molar-refractivity contribution in [2.45, 2.75) is 64.6 Å². The zero-order valence-corrected chi connectivity index (χ0v) is 28.7. The van der Waals surface area contributed by atoms with E-state index in [9.17, 15) is 4.79 Å². The van der Waals surface area contributed by atoms with Gasteiger partial charge in [-0.3, -0.25) is 14.4 Å². The Morgan fingerprint density at radius 1 is 1.11 bits per heavy atom. The largest absolute Gasteiger partial charge is 0.497 e. The van der Waals surface area contributed by atoms with Gasteiger partial charge in [-0.15, -0.1) is 5.10 Å². The molecule has 12 heteroatoms. The minimum atomic E-state index is -0.165. The second-order valence-corrected chi connectivity index (χ2v) is 14.2. The number of aromatic nitrogens is 5. The lowest BCUT2D eigenvalue weighted by Gasteiger charge is -2.37. The molecule has 0 radical (unpaired) electrons. The fourth-order valence-corrected chi connectivity index (χ4v) is 7.97. The quantitative estimate of drug-likeness (QED) is 0.195. The molecule has 248 valence electrons. The van der Waals surface area contributed by atoms with Gasteiger partial charge in [-0.2, -0.15) is 5.10 Å². The van der Waals surface area contributed by atoms with Crippen LogP contribution in [0.4, 0.5) is 0 Å². The second-order valence-electron chi connectivity index (χ2n) is 13.3. The molecule has 0 spiro atoms. The van der Waals surface area contributed by atoms with Gasteiger partial charge < -0.3 is 14.4 Å². The third-order valence-corrected chi connectivity index (χ3v) is 10.5. The number of benzene rings is 2. The molecule has 4 heterocycles. The molecule has 1 amide bonds. The molecule has 7 rings (SSSR count). The molecule has 2 aromatic carbocycles. The highest BCUT2D eigenvalue weighted by Gasteiger charge is 2.48. The fourth-order valence-electron chi connectivity index (χ4n) is 7.44. The summed E-state index contributed by atoms with van der Waals surface area (Å²) in [4.78, 5) is 18.7. The summed E-state index contributed by atoms with van der Waals surface area (Å²) >= 11 is 12.4. The van der Waals surface area contributed by atoms with Gasteiger partial charge in [0.2, 0.25) is 5.91 Å². The summed E-state index contributed by atoms with van der Waals surface area (Å²) in [6.07, 6.45) is 6.91. The minimum Gasteiger partial charge on any atom is -0.497 e. The lowest BCUT2D eigenvalue weighted by atomic mass is 9.97. The zero-order valence-electron chi connectivity index (χ0n) is 27.2. The molecular formula is C35H41Cl2N7O3. The van der Waals surface area contributed by atoms with Crippen LogP contribution in [0.1, 0.15) is 55.1 Å². The average molecular weight is 679 g/mol. The van der Waals surface area contributed by atoms with Crippen molar-refractivity contribution in [3.63, 3.8) is 0 Å². The van der Waals surface area contributed by atoms with E-state index in [2.05, 4.69) is 27.0 Å². The number of carbonyl (C=O) groups is 1. The Morgan fingerprint density at radius 2 is 1.91 bits per heavy atom. The molecular weight excluding hydrogens is 637 g/mol. The van der Waals surface area contributed by atoms with E-state index < -0.39 is 0 Å². The third kappa shape index (κ3) is 6.79. The molecule has 0 N–H and O–H groups in total. The third-order valence-electron chi connectivity index (χ3n) is 10.0. The topological polar surface area (TPSA) is 90.5 Å². The van der Waals surface area contributed by atoms with Gasteiger partial charge in [0.1, 0.15) is 11.4 Å². The number of nitrogens with zero attached hydrogens (tertiary/aromatic N) is 7. The van der Waals surface area contributed by atoms with Crippen LogP contribution in [0.15, 0.2) is 48.7 Å². The summed E-state index contributed by atoms with van der Waals surface area (Å²) in [7, 11) is 1.66. The number of halogens is 2. The zero-order chi connectivity index (χ0) is 32.7. The number of likely N-dealkylation sites (tertiary alicyclic amines) is 1. The van der Waals surface area contributed by atoms with Crippen molar-refractivity contribution in [1.82, 2.24) is 34.6 Å². The summed E-state index contributed by atoms with van der Waals surface area (Å²) in [5.74, 6) is 0.985. The smallest absolute Gasteiger partial charge is 0.223 e. The molecule has 0 bridgehead atoms. The number of rotatable bonds is 10. The predicted octanol–water partition coefficient (Wildman–Crippen LogP) is 6.30. The van der Waals surface area contributed by atoms with Gasteiger partial charge in [-0.1, -0.05) is 34.5 Å². The highest BCUT2D eigenvalue weighted by atomic mass is 35.5. The molecule has 2 saturated heterocycles. The second kappa shape index (κ2) is 13.2. The number of aryl methyl sites for hydroxylation is 1. The first-order chi connectivity index (χ1) is 22.7. The van der Waals surface area contributed by atoms with Crippen LogP contribution in [0.25, 0.3) is 16.9 Å². The minimum absolute atomic E-state index is 0.0163. The van der Waals surface area contributed by atoms with Crippen molar-refractivity contribution in [2.75, 3.05) is 40.0 Å². The maximum Gasteiger partial charge on any atom is 0.223 e. The number of morpholine rings is 1. The maximum atomic E-state index is 14.1. The van der Waals surface area contributed by atoms with E-state index in [0.29, 0.717) is 42.3 Å². The van der Waals surface area contributed by atoms with Gasteiger partial charge in [0.25, 0.3) is 0 Å². The highest BCUT2D eigenvalue weighted by molar-refractivity contribution is 6.35. The van der Waals surface area contributed by atoms with Crippen LogP contribution in [-0.4, -0.2) is 86.5 Å². The normalized spacial score (nSPS) is 20.9. The van der Waals surface area contributed by atoms with Gasteiger partial charge >= 0.3 is 0 Å². The molecule has 10 nitrogen and oxygen atoms in total. The molecule has 2 atom stereocenters. The highest BCUT2D eigenvalue weighted by Crippen LogP contribution is 2.51. The fraction of sp³-hybridized carbons (Fsp3) is 0.486. The van der Waals surface area contributed by atoms with Crippen molar-refractivity contribution < 1.29 is 14.3 Å². The van der Waals surface area contributed by atoms with E-state index in [1.54, 1.807) is 13.2 Å². The molecule has 47 heavy (non-hydrogen) atoms. The van der Waals surface area contributed by atoms with Gasteiger partial charge in [-0.05, 0) is 81.8 Å². The molecule has 2 aromatic heterocycles. The Kier molecular flexibility index (Phi) is 9.04. The van der Waals surface area contributed by atoms with Crippen molar-refractivity contribution in [1.29, 1.82) is 0 Å². The Hall–Kier alpha value is -3.44. The summed E-state index contributed by atoms with van der Waals surface area (Å²) in [6.45, 7) is 8.42.